The highest BCUT2D eigenvalue weighted by Gasteiger charge is 2.37. The van der Waals surface area contributed by atoms with E-state index in [0.717, 1.165) is 11.3 Å². The lowest BCUT2D eigenvalue weighted by Crippen LogP contribution is -2.54. The Bertz CT molecular complexity index is 1290. The summed E-state index contributed by atoms with van der Waals surface area (Å²) in [5, 5.41) is 11.8. The van der Waals surface area contributed by atoms with E-state index in [1.165, 1.54) is 6.07 Å². The number of hydrogen-bond acceptors (Lipinski definition) is 5. The number of carboxylic acid groups (broad SMARTS) is 1. The average molecular weight is 533 g/mol. The first-order valence-electron chi connectivity index (χ1n) is 11.8. The third kappa shape index (κ3) is 6.14. The normalized spacial score (nSPS) is 13.5. The number of aliphatic carboxylic acids is 1. The van der Waals surface area contributed by atoms with Gasteiger partial charge in [0.05, 0.1) is 12.0 Å². The molecule has 0 spiro atoms. The zero-order valence-electron chi connectivity index (χ0n) is 20.4. The molecular formula is C27H27F3N2O4S. The molecule has 0 fully saturated rings. The molecule has 1 aromatic heterocycles. The lowest BCUT2D eigenvalue weighted by Gasteiger charge is -2.30. The van der Waals surface area contributed by atoms with Crippen molar-refractivity contribution >= 4 is 28.9 Å². The smallest absolute Gasteiger partial charge is 0.426 e. The van der Waals surface area contributed by atoms with Crippen LogP contribution in [0.5, 0.6) is 5.75 Å². The predicted molar refractivity (Wildman–Crippen MR) is 136 cm³/mol. The molecule has 2 heterocycles. The molecule has 0 saturated heterocycles. The third-order valence-electron chi connectivity index (χ3n) is 6.14. The Morgan fingerprint density at radius 3 is 2.51 bits per heavy atom. The second kappa shape index (κ2) is 10.5. The number of carbonyl (C=O) groups excluding carboxylic acids is 1. The molecule has 37 heavy (non-hydrogen) atoms. The molecule has 0 unspecified atom stereocenters. The number of rotatable bonds is 9. The fourth-order valence-electron chi connectivity index (χ4n) is 4.28. The molecule has 3 aromatic rings. The summed E-state index contributed by atoms with van der Waals surface area (Å²) in [6.45, 7) is 4.07. The van der Waals surface area contributed by atoms with E-state index in [0.29, 0.717) is 40.5 Å². The number of amides is 1. The van der Waals surface area contributed by atoms with Gasteiger partial charge < -0.3 is 20.1 Å². The second-order valence-corrected chi connectivity index (χ2v) is 10.4. The number of nitrogens with zero attached hydrogens (tertiary/aromatic N) is 1. The van der Waals surface area contributed by atoms with Gasteiger partial charge in [-0.15, -0.1) is 11.3 Å². The highest BCUT2D eigenvalue weighted by Crippen LogP contribution is 2.43. The summed E-state index contributed by atoms with van der Waals surface area (Å²) in [7, 11) is 0. The van der Waals surface area contributed by atoms with Crippen LogP contribution in [0.25, 0.3) is 11.1 Å². The molecule has 1 amide bonds. The van der Waals surface area contributed by atoms with Gasteiger partial charge in [0.25, 0.3) is 0 Å². The Morgan fingerprint density at radius 1 is 1.11 bits per heavy atom. The van der Waals surface area contributed by atoms with Crippen molar-refractivity contribution in [1.29, 1.82) is 0 Å². The number of nitrogens with one attached hydrogen (secondary N) is 1. The van der Waals surface area contributed by atoms with Crippen molar-refractivity contribution in [3.05, 3.63) is 69.9 Å². The first-order chi connectivity index (χ1) is 17.5. The molecule has 0 aliphatic carbocycles. The van der Waals surface area contributed by atoms with Crippen LogP contribution < -0.4 is 15.0 Å². The van der Waals surface area contributed by atoms with Crippen molar-refractivity contribution < 1.29 is 32.6 Å². The Balaban J connectivity index is 1.46. The lowest BCUT2D eigenvalue weighted by atomic mass is 10.0. The maximum absolute atomic E-state index is 13.7. The molecule has 0 bridgehead atoms. The SMILES string of the molecule is CC(C)(NCCC(=O)O)C(=O)N1CCc2cc(OCc3cc(-c4ccccc4)c(C(F)(F)F)s3)ccc21. The van der Waals surface area contributed by atoms with E-state index < -0.39 is 22.6 Å². The number of benzene rings is 2. The van der Waals surface area contributed by atoms with Crippen LogP contribution in [-0.2, 0) is 28.8 Å². The van der Waals surface area contributed by atoms with Gasteiger partial charge in [0, 0.05) is 29.2 Å². The summed E-state index contributed by atoms with van der Waals surface area (Å²) in [6, 6.07) is 15.3. The van der Waals surface area contributed by atoms with Crippen molar-refractivity contribution in [2.75, 3.05) is 18.0 Å². The largest absolute Gasteiger partial charge is 0.488 e. The molecule has 0 atom stereocenters. The summed E-state index contributed by atoms with van der Waals surface area (Å²) in [4.78, 5) is 25.4. The van der Waals surface area contributed by atoms with Crippen LogP contribution in [0.3, 0.4) is 0 Å². The third-order valence-corrected chi connectivity index (χ3v) is 7.29. The van der Waals surface area contributed by atoms with Crippen molar-refractivity contribution in [2.45, 2.75) is 45.0 Å². The van der Waals surface area contributed by atoms with Gasteiger partial charge in [-0.3, -0.25) is 9.59 Å². The van der Waals surface area contributed by atoms with E-state index in [1.807, 2.05) is 6.07 Å². The minimum absolute atomic E-state index is 0.0114. The number of carbonyl (C=O) groups is 2. The van der Waals surface area contributed by atoms with E-state index in [2.05, 4.69) is 5.32 Å². The molecule has 1 aliphatic heterocycles. The molecule has 0 saturated carbocycles. The minimum atomic E-state index is -4.46. The zero-order chi connectivity index (χ0) is 26.8. The van der Waals surface area contributed by atoms with E-state index in [4.69, 9.17) is 9.84 Å². The molecular weight excluding hydrogens is 505 g/mol. The lowest BCUT2D eigenvalue weighted by molar-refractivity contribution is -0.137. The van der Waals surface area contributed by atoms with Crippen LogP contribution >= 0.6 is 11.3 Å². The highest BCUT2D eigenvalue weighted by molar-refractivity contribution is 7.12. The Kier molecular flexibility index (Phi) is 7.61. The number of fused-ring (bicyclic) bond motifs is 1. The standard InChI is InChI=1S/C27H27F3N2O4S/c1-26(2,31-12-10-23(33)34)25(35)32-13-11-18-14-19(8-9-22(18)32)36-16-20-15-21(17-6-4-3-5-7-17)24(37-20)27(28,29)30/h3-9,14-15,31H,10-13,16H2,1-2H3,(H,33,34). The maximum atomic E-state index is 13.7. The summed E-state index contributed by atoms with van der Waals surface area (Å²) in [6.07, 6.45) is -3.94. The maximum Gasteiger partial charge on any atom is 0.426 e. The van der Waals surface area contributed by atoms with Gasteiger partial charge in [0.1, 0.15) is 17.2 Å². The average Bonchev–Trinajstić information content (AvgIpc) is 3.47. The number of anilines is 1. The highest BCUT2D eigenvalue weighted by atomic mass is 32.1. The summed E-state index contributed by atoms with van der Waals surface area (Å²) >= 11 is 0.675. The Labute approximate surface area is 216 Å². The van der Waals surface area contributed by atoms with Crippen LogP contribution in [0.1, 0.15) is 35.6 Å². The Hall–Kier alpha value is -3.37. The fraction of sp³-hybridized carbons (Fsp3) is 0.333. The first kappa shape index (κ1) is 26.7. The van der Waals surface area contributed by atoms with E-state index >= 15 is 0 Å². The molecule has 10 heteroatoms. The number of hydrogen-bond donors (Lipinski definition) is 2. The van der Waals surface area contributed by atoms with E-state index in [-0.39, 0.29) is 31.0 Å². The van der Waals surface area contributed by atoms with Crippen molar-refractivity contribution in [3.63, 3.8) is 0 Å². The van der Waals surface area contributed by atoms with Crippen molar-refractivity contribution in [1.82, 2.24) is 5.32 Å². The zero-order valence-corrected chi connectivity index (χ0v) is 21.2. The van der Waals surface area contributed by atoms with Gasteiger partial charge in [0.2, 0.25) is 5.91 Å². The topological polar surface area (TPSA) is 78.9 Å². The van der Waals surface area contributed by atoms with Gasteiger partial charge >= 0.3 is 12.1 Å². The molecule has 1 aliphatic rings. The number of alkyl halides is 3. The first-order valence-corrected chi connectivity index (χ1v) is 12.6. The summed E-state index contributed by atoms with van der Waals surface area (Å²) < 4.78 is 46.8. The van der Waals surface area contributed by atoms with E-state index in [1.54, 1.807) is 61.2 Å². The van der Waals surface area contributed by atoms with Crippen LogP contribution in [-0.4, -0.2) is 35.6 Å². The van der Waals surface area contributed by atoms with Gasteiger partial charge in [-0.25, -0.2) is 0 Å². The molecule has 2 N–H and O–H groups in total. The fourth-order valence-corrected chi connectivity index (χ4v) is 5.24. The number of thiophene rings is 1. The van der Waals surface area contributed by atoms with Crippen molar-refractivity contribution in [2.24, 2.45) is 0 Å². The van der Waals surface area contributed by atoms with Gasteiger partial charge in [-0.05, 0) is 55.7 Å². The van der Waals surface area contributed by atoms with Crippen LogP contribution in [0.2, 0.25) is 0 Å². The Morgan fingerprint density at radius 2 is 1.84 bits per heavy atom. The number of carboxylic acids is 1. The number of halogens is 3. The predicted octanol–water partition coefficient (Wildman–Crippen LogP) is 5.74. The second-order valence-electron chi connectivity index (χ2n) is 9.30. The van der Waals surface area contributed by atoms with Crippen LogP contribution in [0, 0.1) is 0 Å². The molecule has 2 aromatic carbocycles. The van der Waals surface area contributed by atoms with Crippen molar-refractivity contribution in [3.8, 4) is 16.9 Å². The monoisotopic (exact) mass is 532 g/mol. The van der Waals surface area contributed by atoms with Gasteiger partial charge in [-0.1, -0.05) is 30.3 Å². The van der Waals surface area contributed by atoms with E-state index in [9.17, 15) is 22.8 Å². The molecule has 6 nitrogen and oxygen atoms in total. The molecule has 4 rings (SSSR count). The van der Waals surface area contributed by atoms with Gasteiger partial charge in [0.15, 0.2) is 0 Å². The van der Waals surface area contributed by atoms with Crippen LogP contribution in [0.15, 0.2) is 54.6 Å². The van der Waals surface area contributed by atoms with Gasteiger partial charge in [-0.2, -0.15) is 13.2 Å². The molecule has 0 radical (unpaired) electrons. The molecule has 196 valence electrons. The van der Waals surface area contributed by atoms with Crippen LogP contribution in [0.4, 0.5) is 18.9 Å². The number of ether oxygens (including phenoxy) is 1. The minimum Gasteiger partial charge on any atom is -0.488 e. The summed E-state index contributed by atoms with van der Waals surface area (Å²) in [5.41, 5.74) is 1.34. The quantitative estimate of drug-likeness (QED) is 0.367. The summed E-state index contributed by atoms with van der Waals surface area (Å²) in [5.74, 6) is -0.601.